The summed E-state index contributed by atoms with van der Waals surface area (Å²) in [5.74, 6) is -0.893. The fourth-order valence-electron chi connectivity index (χ4n) is 2.92. The summed E-state index contributed by atoms with van der Waals surface area (Å²) >= 11 is 1.53. The van der Waals surface area contributed by atoms with Gasteiger partial charge in [0.05, 0.1) is 5.69 Å². The van der Waals surface area contributed by atoms with Gasteiger partial charge in [-0.2, -0.15) is 0 Å². The Labute approximate surface area is 164 Å². The minimum atomic E-state index is -0.534. The van der Waals surface area contributed by atoms with Gasteiger partial charge in [-0.25, -0.2) is 19.3 Å². The molecule has 0 fully saturated rings. The molecular weight excluding hydrogens is 377 g/mol. The number of hydrogen-bond donors (Lipinski definition) is 1. The molecule has 140 valence electrons. The quantitative estimate of drug-likeness (QED) is 0.515. The first kappa shape index (κ1) is 18.1. The number of benzene rings is 1. The van der Waals surface area contributed by atoms with E-state index in [1.807, 2.05) is 30.5 Å². The Balaban J connectivity index is 1.57. The summed E-state index contributed by atoms with van der Waals surface area (Å²) in [5.41, 5.74) is 8.35. The standard InChI is InChI=1S/C20H16FN5OS/c1-11-10-28-19(23-11)15-7-2-4-12(24-15)8-9-16(27)18-13-5-3-6-14(21)17(13)25-20(22)26-18/h2-7,10H,8-9H2,1H3,(H2,22,25,26). The lowest BCUT2D eigenvalue weighted by Crippen LogP contribution is -2.09. The van der Waals surface area contributed by atoms with Crippen molar-refractivity contribution in [2.75, 3.05) is 5.73 Å². The number of halogens is 1. The van der Waals surface area contributed by atoms with Crippen LogP contribution in [-0.2, 0) is 6.42 Å². The molecule has 0 atom stereocenters. The Hall–Kier alpha value is -3.26. The highest BCUT2D eigenvalue weighted by Gasteiger charge is 2.16. The molecule has 6 nitrogen and oxygen atoms in total. The van der Waals surface area contributed by atoms with E-state index in [0.717, 1.165) is 22.1 Å². The number of pyridine rings is 1. The Morgan fingerprint density at radius 2 is 1.93 bits per heavy atom. The van der Waals surface area contributed by atoms with Crippen LogP contribution in [-0.4, -0.2) is 25.7 Å². The number of anilines is 1. The van der Waals surface area contributed by atoms with Gasteiger partial charge in [0.25, 0.3) is 0 Å². The van der Waals surface area contributed by atoms with Crippen LogP contribution in [0.2, 0.25) is 0 Å². The highest BCUT2D eigenvalue weighted by molar-refractivity contribution is 7.13. The van der Waals surface area contributed by atoms with E-state index in [2.05, 4.69) is 19.9 Å². The molecule has 4 aromatic rings. The SMILES string of the molecule is Cc1csc(-c2cccc(CCC(=O)c3nc(N)nc4c(F)cccc34)n2)n1. The van der Waals surface area contributed by atoms with Crippen LogP contribution in [0, 0.1) is 12.7 Å². The summed E-state index contributed by atoms with van der Waals surface area (Å²) < 4.78 is 14.0. The number of nitrogens with zero attached hydrogens (tertiary/aromatic N) is 4. The molecule has 0 saturated carbocycles. The number of aromatic nitrogens is 4. The monoisotopic (exact) mass is 393 g/mol. The van der Waals surface area contributed by atoms with Crippen LogP contribution in [0.4, 0.5) is 10.3 Å². The molecule has 28 heavy (non-hydrogen) atoms. The molecule has 2 N–H and O–H groups in total. The van der Waals surface area contributed by atoms with E-state index >= 15 is 0 Å². The molecule has 0 aliphatic heterocycles. The maximum absolute atomic E-state index is 14.0. The van der Waals surface area contributed by atoms with Gasteiger partial charge in [-0.15, -0.1) is 11.3 Å². The lowest BCUT2D eigenvalue weighted by molar-refractivity contribution is 0.0979. The smallest absolute Gasteiger partial charge is 0.221 e. The van der Waals surface area contributed by atoms with Gasteiger partial charge < -0.3 is 5.73 Å². The molecule has 0 saturated heterocycles. The van der Waals surface area contributed by atoms with Crippen LogP contribution >= 0.6 is 11.3 Å². The van der Waals surface area contributed by atoms with E-state index in [1.54, 1.807) is 6.07 Å². The number of rotatable bonds is 5. The van der Waals surface area contributed by atoms with Crippen molar-refractivity contribution in [2.24, 2.45) is 0 Å². The fraction of sp³-hybridized carbons (Fsp3) is 0.150. The fourth-order valence-corrected chi connectivity index (χ4v) is 3.68. The Morgan fingerprint density at radius 3 is 2.71 bits per heavy atom. The molecule has 0 unspecified atom stereocenters. The summed E-state index contributed by atoms with van der Waals surface area (Å²) in [6, 6.07) is 10.1. The lowest BCUT2D eigenvalue weighted by atomic mass is 10.1. The first-order valence-electron chi connectivity index (χ1n) is 8.64. The van der Waals surface area contributed by atoms with E-state index in [9.17, 15) is 9.18 Å². The maximum atomic E-state index is 14.0. The second-order valence-electron chi connectivity index (χ2n) is 6.30. The summed E-state index contributed by atoms with van der Waals surface area (Å²) in [5, 5.41) is 3.17. The second-order valence-corrected chi connectivity index (χ2v) is 7.16. The van der Waals surface area contributed by atoms with Crippen LogP contribution in [0.25, 0.3) is 21.6 Å². The highest BCUT2D eigenvalue weighted by Crippen LogP contribution is 2.23. The third-order valence-electron chi connectivity index (χ3n) is 4.21. The van der Waals surface area contributed by atoms with Crippen molar-refractivity contribution in [1.29, 1.82) is 0 Å². The number of aryl methyl sites for hydroxylation is 2. The Bertz CT molecular complexity index is 1190. The zero-order valence-electron chi connectivity index (χ0n) is 15.0. The number of thiazole rings is 1. The largest absolute Gasteiger partial charge is 0.368 e. The topological polar surface area (TPSA) is 94.7 Å². The average molecular weight is 393 g/mol. The number of fused-ring (bicyclic) bond motifs is 1. The second kappa shape index (κ2) is 7.40. The van der Waals surface area contributed by atoms with E-state index in [-0.39, 0.29) is 29.4 Å². The molecule has 3 heterocycles. The predicted molar refractivity (Wildman–Crippen MR) is 107 cm³/mol. The maximum Gasteiger partial charge on any atom is 0.221 e. The van der Waals surface area contributed by atoms with E-state index in [1.165, 1.54) is 23.5 Å². The average Bonchev–Trinajstić information content (AvgIpc) is 3.13. The van der Waals surface area contributed by atoms with Gasteiger partial charge in [0.1, 0.15) is 22.0 Å². The van der Waals surface area contributed by atoms with Gasteiger partial charge >= 0.3 is 0 Å². The van der Waals surface area contributed by atoms with Gasteiger partial charge in [-0.05, 0) is 31.5 Å². The molecule has 0 aliphatic rings. The molecule has 0 aliphatic carbocycles. The van der Waals surface area contributed by atoms with Crippen LogP contribution in [0.15, 0.2) is 41.8 Å². The van der Waals surface area contributed by atoms with Gasteiger partial charge in [0.15, 0.2) is 5.78 Å². The Morgan fingerprint density at radius 1 is 1.11 bits per heavy atom. The van der Waals surface area contributed by atoms with E-state index in [0.29, 0.717) is 11.8 Å². The molecule has 1 aromatic carbocycles. The first-order valence-corrected chi connectivity index (χ1v) is 9.52. The van der Waals surface area contributed by atoms with Crippen LogP contribution < -0.4 is 5.73 Å². The van der Waals surface area contributed by atoms with Crippen LogP contribution in [0.3, 0.4) is 0 Å². The van der Waals surface area contributed by atoms with Crippen molar-refractivity contribution in [2.45, 2.75) is 19.8 Å². The predicted octanol–water partition coefficient (Wildman–Crippen LogP) is 3.99. The van der Waals surface area contributed by atoms with Crippen LogP contribution in [0.1, 0.15) is 28.3 Å². The van der Waals surface area contributed by atoms with Gasteiger partial charge in [0, 0.05) is 28.6 Å². The third kappa shape index (κ3) is 3.59. The number of carbonyl (C=O) groups excluding carboxylic acids is 1. The minimum absolute atomic E-state index is 0.0533. The lowest BCUT2D eigenvalue weighted by Gasteiger charge is -2.07. The third-order valence-corrected chi connectivity index (χ3v) is 5.19. The molecule has 0 amide bonds. The summed E-state index contributed by atoms with van der Waals surface area (Å²) in [7, 11) is 0. The van der Waals surface area contributed by atoms with Gasteiger partial charge in [-0.3, -0.25) is 9.78 Å². The number of nitrogens with two attached hydrogens (primary N) is 1. The summed E-state index contributed by atoms with van der Waals surface area (Å²) in [6.45, 7) is 1.93. The van der Waals surface area contributed by atoms with Gasteiger partial charge in [-0.1, -0.05) is 18.2 Å². The zero-order chi connectivity index (χ0) is 19.7. The molecule has 0 radical (unpaired) electrons. The van der Waals surface area contributed by atoms with Crippen molar-refractivity contribution < 1.29 is 9.18 Å². The number of para-hydroxylation sites is 1. The molecule has 4 rings (SSSR count). The van der Waals surface area contributed by atoms with E-state index in [4.69, 9.17) is 5.73 Å². The Kier molecular flexibility index (Phi) is 4.79. The van der Waals surface area contributed by atoms with Gasteiger partial charge in [0.2, 0.25) is 5.95 Å². The van der Waals surface area contributed by atoms with E-state index < -0.39 is 5.82 Å². The summed E-state index contributed by atoms with van der Waals surface area (Å²) in [6.07, 6.45) is 0.604. The zero-order valence-corrected chi connectivity index (χ0v) is 15.8. The highest BCUT2D eigenvalue weighted by atomic mass is 32.1. The normalized spacial score (nSPS) is 11.1. The summed E-state index contributed by atoms with van der Waals surface area (Å²) in [4.78, 5) is 29.7. The molecule has 8 heteroatoms. The molecule has 0 spiro atoms. The number of carbonyl (C=O) groups is 1. The van der Waals surface area contributed by atoms with Crippen molar-refractivity contribution in [3.63, 3.8) is 0 Å². The number of nitrogen functional groups attached to an aromatic ring is 1. The molecule has 3 aromatic heterocycles. The van der Waals surface area contributed by atoms with Crippen LogP contribution in [0.5, 0.6) is 0 Å². The number of ketones is 1. The number of hydrogen-bond acceptors (Lipinski definition) is 7. The molecule has 0 bridgehead atoms. The first-order chi connectivity index (χ1) is 13.5. The van der Waals surface area contributed by atoms with Crippen molar-refractivity contribution in [3.05, 3.63) is 64.7 Å². The minimum Gasteiger partial charge on any atom is -0.368 e. The number of Topliss-reactive ketones (excluding diaryl/α,β-unsaturated/α-hetero) is 1. The van der Waals surface area contributed by atoms with Crippen molar-refractivity contribution in [3.8, 4) is 10.7 Å². The van der Waals surface area contributed by atoms with Crippen molar-refractivity contribution in [1.82, 2.24) is 19.9 Å². The van der Waals surface area contributed by atoms with Crippen molar-refractivity contribution >= 4 is 34.0 Å². The molecular formula is C20H16FN5OS.